The van der Waals surface area contributed by atoms with E-state index in [1.54, 1.807) is 7.11 Å². The lowest BCUT2D eigenvalue weighted by Crippen LogP contribution is -2.43. The minimum absolute atomic E-state index is 0.0940. The highest BCUT2D eigenvalue weighted by Gasteiger charge is 2.49. The molecule has 7 nitrogen and oxygen atoms in total. The molecule has 3 fully saturated rings. The van der Waals surface area contributed by atoms with Gasteiger partial charge < -0.3 is 14.4 Å². The maximum Gasteiger partial charge on any atom is 0.319 e. The van der Waals surface area contributed by atoms with Crippen molar-refractivity contribution in [3.05, 3.63) is 47.8 Å². The molecule has 4 aromatic rings. The summed E-state index contributed by atoms with van der Waals surface area (Å²) in [5.41, 5.74) is 6.67. The van der Waals surface area contributed by atoms with Crippen molar-refractivity contribution < 1.29 is 18.3 Å². The number of rotatable bonds is 9. The van der Waals surface area contributed by atoms with Crippen molar-refractivity contribution in [1.82, 2.24) is 19.9 Å². The van der Waals surface area contributed by atoms with E-state index in [-0.39, 0.29) is 35.2 Å². The molecular weight excluding hydrogens is 673 g/mol. The predicted molar refractivity (Wildman–Crippen MR) is 209 cm³/mol. The topological polar surface area (TPSA) is 63.6 Å². The van der Waals surface area contributed by atoms with E-state index in [0.717, 1.165) is 68.1 Å². The van der Waals surface area contributed by atoms with Crippen LogP contribution >= 0.6 is 0 Å². The second-order valence-electron chi connectivity index (χ2n) is 16.1. The van der Waals surface area contributed by atoms with Crippen molar-refractivity contribution >= 4 is 35.6 Å². The van der Waals surface area contributed by atoms with Gasteiger partial charge >= 0.3 is 6.01 Å². The number of alkyl halides is 1. The van der Waals surface area contributed by atoms with Crippen LogP contribution in [0.15, 0.2) is 36.4 Å². The fraction of sp³-hybridized carbons (Fsp3) is 0.548. The molecule has 0 N–H and O–H groups in total. The smallest absolute Gasteiger partial charge is 0.319 e. The Labute approximate surface area is 308 Å². The zero-order valence-electron chi connectivity index (χ0n) is 31.9. The van der Waals surface area contributed by atoms with Gasteiger partial charge in [0, 0.05) is 42.6 Å². The molecule has 3 aliphatic heterocycles. The third-order valence-electron chi connectivity index (χ3n) is 12.2. The van der Waals surface area contributed by atoms with Crippen LogP contribution in [0.25, 0.3) is 32.9 Å². The Kier molecular flexibility index (Phi) is 10.2. The maximum atomic E-state index is 17.4. The summed E-state index contributed by atoms with van der Waals surface area (Å²) in [7, 11) is -0.488. The molecule has 3 aliphatic rings. The third kappa shape index (κ3) is 6.32. The van der Waals surface area contributed by atoms with Gasteiger partial charge in [0.2, 0.25) is 5.88 Å². The van der Waals surface area contributed by atoms with Crippen LogP contribution in [0.4, 0.5) is 14.6 Å². The monoisotopic (exact) mass is 725 g/mol. The number of hydrogen-bond acceptors (Lipinski definition) is 7. The largest absolute Gasteiger partial charge is 0.480 e. The summed E-state index contributed by atoms with van der Waals surface area (Å²) in [4.78, 5) is 18.9. The number of piperidine rings is 1. The number of halogens is 2. The van der Waals surface area contributed by atoms with Gasteiger partial charge in [-0.25, -0.2) is 13.8 Å². The Morgan fingerprint density at radius 2 is 1.62 bits per heavy atom. The van der Waals surface area contributed by atoms with Gasteiger partial charge in [0.25, 0.3) is 0 Å². The molecule has 276 valence electrons. The number of pyridine rings is 1. The van der Waals surface area contributed by atoms with Crippen LogP contribution in [0.1, 0.15) is 85.6 Å². The first-order chi connectivity index (χ1) is 25.0. The van der Waals surface area contributed by atoms with E-state index in [4.69, 9.17) is 24.4 Å². The highest BCUT2D eigenvalue weighted by Crippen LogP contribution is 2.44. The summed E-state index contributed by atoms with van der Waals surface area (Å²) >= 11 is 0. The molecular formula is C42H53F2N5O2Si. The Bertz CT molecular complexity index is 1990. The molecule has 2 aromatic heterocycles. The zero-order chi connectivity index (χ0) is 36.8. The molecule has 2 atom stereocenters. The second kappa shape index (κ2) is 14.5. The van der Waals surface area contributed by atoms with E-state index in [1.807, 2.05) is 36.4 Å². The first-order valence-corrected chi connectivity index (χ1v) is 21.5. The number of benzene rings is 2. The van der Waals surface area contributed by atoms with Gasteiger partial charge in [-0.2, -0.15) is 9.97 Å². The Balaban J connectivity index is 1.40. The van der Waals surface area contributed by atoms with Crippen LogP contribution in [-0.2, 0) is 0 Å². The van der Waals surface area contributed by atoms with Crippen molar-refractivity contribution in [1.29, 1.82) is 0 Å². The maximum absolute atomic E-state index is 17.4. The molecule has 0 saturated carbocycles. The highest BCUT2D eigenvalue weighted by atomic mass is 28.3. The number of methoxy groups -OCH3 is 1. The molecule has 5 heterocycles. The quantitative estimate of drug-likeness (QED) is 0.126. The number of nitrogens with zero attached hydrogens (tertiary/aromatic N) is 5. The van der Waals surface area contributed by atoms with Crippen LogP contribution in [0.3, 0.4) is 0 Å². The van der Waals surface area contributed by atoms with E-state index in [9.17, 15) is 4.39 Å². The zero-order valence-corrected chi connectivity index (χ0v) is 32.9. The number of ether oxygens (including phenoxy) is 2. The lowest BCUT2D eigenvalue weighted by atomic mass is 9.95. The lowest BCUT2D eigenvalue weighted by Gasteiger charge is -2.38. The predicted octanol–water partition coefficient (Wildman–Crippen LogP) is 9.51. The van der Waals surface area contributed by atoms with Crippen LogP contribution in [0.5, 0.6) is 11.9 Å². The number of fused-ring (bicyclic) bond motifs is 3. The first-order valence-electron chi connectivity index (χ1n) is 19.3. The first kappa shape index (κ1) is 36.5. The molecule has 52 heavy (non-hydrogen) atoms. The number of aromatic nitrogens is 3. The Morgan fingerprint density at radius 1 is 0.904 bits per heavy atom. The van der Waals surface area contributed by atoms with Crippen molar-refractivity contribution in [2.45, 2.75) is 108 Å². The summed E-state index contributed by atoms with van der Waals surface area (Å²) < 4.78 is 44.3. The van der Waals surface area contributed by atoms with Gasteiger partial charge in [-0.15, -0.1) is 5.54 Å². The van der Waals surface area contributed by atoms with Crippen LogP contribution in [0.2, 0.25) is 16.6 Å². The van der Waals surface area contributed by atoms with E-state index in [2.05, 4.69) is 62.8 Å². The summed E-state index contributed by atoms with van der Waals surface area (Å²) in [5, 5.41) is 2.25. The Hall–Kier alpha value is -3.81. The van der Waals surface area contributed by atoms with E-state index in [1.165, 1.54) is 0 Å². The molecule has 10 heteroatoms. The summed E-state index contributed by atoms with van der Waals surface area (Å²) in [6, 6.07) is 12.1. The molecule has 2 aromatic carbocycles. The van der Waals surface area contributed by atoms with Gasteiger partial charge in [0.1, 0.15) is 43.3 Å². The van der Waals surface area contributed by atoms with E-state index < -0.39 is 20.1 Å². The third-order valence-corrected chi connectivity index (χ3v) is 18.5. The SMILES string of the molecule is COc1nc(-c2cccc3cccc(C#C[Si](C(C)C)(C(C)C)C(C)C)c23)c(F)c2nc(OC[C@@]34CCCN3C[C@H](F)C4)nc(N3CCCCC3)c12. The minimum atomic E-state index is -2.05. The normalized spacial score (nSPS) is 21.0. The summed E-state index contributed by atoms with van der Waals surface area (Å²) in [6.07, 6.45) is 4.54. The van der Waals surface area contributed by atoms with E-state index >= 15 is 4.39 Å². The molecule has 0 radical (unpaired) electrons. The summed E-state index contributed by atoms with van der Waals surface area (Å²) in [5.74, 6) is 3.91. The molecule has 7 rings (SSSR count). The molecule has 0 bridgehead atoms. The van der Waals surface area contributed by atoms with Gasteiger partial charge in [-0.3, -0.25) is 4.90 Å². The van der Waals surface area contributed by atoms with Crippen molar-refractivity contribution in [2.24, 2.45) is 0 Å². The molecule has 0 aliphatic carbocycles. The fourth-order valence-electron chi connectivity index (χ4n) is 9.73. The minimum Gasteiger partial charge on any atom is -0.480 e. The number of hydrogen-bond donors (Lipinski definition) is 0. The van der Waals surface area contributed by atoms with Gasteiger partial charge in [-0.05, 0) is 66.7 Å². The average Bonchev–Trinajstić information content (AvgIpc) is 3.66. The number of anilines is 1. The van der Waals surface area contributed by atoms with Crippen molar-refractivity contribution in [3.8, 4) is 34.6 Å². The fourth-order valence-corrected chi connectivity index (χ4v) is 14.9. The van der Waals surface area contributed by atoms with Gasteiger partial charge in [0.05, 0.1) is 12.6 Å². The van der Waals surface area contributed by atoms with Gasteiger partial charge in [-0.1, -0.05) is 77.8 Å². The van der Waals surface area contributed by atoms with Crippen molar-refractivity contribution in [3.63, 3.8) is 0 Å². The molecule has 3 saturated heterocycles. The molecule has 0 amide bonds. The van der Waals surface area contributed by atoms with Crippen LogP contribution in [0, 0.1) is 17.3 Å². The van der Waals surface area contributed by atoms with E-state index in [0.29, 0.717) is 46.4 Å². The highest BCUT2D eigenvalue weighted by molar-refractivity contribution is 6.90. The van der Waals surface area contributed by atoms with Gasteiger partial charge in [0.15, 0.2) is 5.82 Å². The van der Waals surface area contributed by atoms with Crippen LogP contribution < -0.4 is 14.4 Å². The standard InChI is InChI=1S/C42H53F2N5O2Si/c1-27(2)52(28(3)4,29(5)6)23-18-31-15-11-14-30-16-12-17-33(34(30)31)37-36(44)38-35(40(45-37)50-7)39(48-20-9-8-10-21-48)47-41(46-38)51-26-42-19-13-22-49(42)25-32(43)24-42/h11-12,14-17,27-29,32H,8-10,13,19-22,24-26H2,1-7H3/t32-,42+/m1/s1. The lowest BCUT2D eigenvalue weighted by molar-refractivity contribution is 0.107. The summed E-state index contributed by atoms with van der Waals surface area (Å²) in [6.45, 7) is 16.9. The molecule has 0 unspecified atom stereocenters. The molecule has 0 spiro atoms. The average molecular weight is 726 g/mol. The van der Waals surface area contributed by atoms with Crippen LogP contribution in [-0.4, -0.2) is 79.5 Å². The second-order valence-corrected chi connectivity index (χ2v) is 21.7. The Morgan fingerprint density at radius 3 is 2.31 bits per heavy atom. The van der Waals surface area contributed by atoms with Crippen molar-refractivity contribution in [2.75, 3.05) is 44.8 Å².